The van der Waals surface area contributed by atoms with Gasteiger partial charge in [-0.15, -0.1) is 12.4 Å². The molecule has 0 aromatic rings. The van der Waals surface area contributed by atoms with E-state index in [2.05, 4.69) is 14.8 Å². The summed E-state index contributed by atoms with van der Waals surface area (Å²) in [7, 11) is 2.63. The molecular formula is C7H12ClNO4. The predicted molar refractivity (Wildman–Crippen MR) is 46.6 cm³/mol. The van der Waals surface area contributed by atoms with E-state index in [0.29, 0.717) is 6.42 Å². The molecule has 1 fully saturated rings. The monoisotopic (exact) mass is 209 g/mol. The fourth-order valence-electron chi connectivity index (χ4n) is 1.07. The van der Waals surface area contributed by atoms with Crippen LogP contribution in [0.3, 0.4) is 0 Å². The predicted octanol–water partition coefficient (Wildman–Crippen LogP) is -0.515. The number of nitrogens with one attached hydrogen (secondary N) is 1. The smallest absolute Gasteiger partial charge is 0.322 e. The SMILES string of the molecule is COC(=O)[C@@H]1C[C@@H](C(=O)OC)N1.Cl. The number of hydrogen-bond donors (Lipinski definition) is 1. The molecule has 6 heteroatoms. The molecule has 0 bridgehead atoms. The Morgan fingerprint density at radius 3 is 1.69 bits per heavy atom. The largest absolute Gasteiger partial charge is 0.468 e. The van der Waals surface area contributed by atoms with Crippen molar-refractivity contribution in [3.05, 3.63) is 0 Å². The maximum absolute atomic E-state index is 10.8. The van der Waals surface area contributed by atoms with Gasteiger partial charge in [0.15, 0.2) is 0 Å². The van der Waals surface area contributed by atoms with Gasteiger partial charge in [-0.05, 0) is 6.42 Å². The van der Waals surface area contributed by atoms with E-state index < -0.39 is 0 Å². The van der Waals surface area contributed by atoms with Crippen LogP contribution in [0.25, 0.3) is 0 Å². The summed E-state index contributed by atoms with van der Waals surface area (Å²) in [5, 5.41) is 2.73. The molecule has 0 aliphatic carbocycles. The number of halogens is 1. The third-order valence-electron chi connectivity index (χ3n) is 1.85. The highest BCUT2D eigenvalue weighted by molar-refractivity contribution is 5.85. The zero-order chi connectivity index (χ0) is 9.14. The molecule has 1 saturated heterocycles. The maximum Gasteiger partial charge on any atom is 0.322 e. The van der Waals surface area contributed by atoms with Crippen LogP contribution >= 0.6 is 12.4 Å². The zero-order valence-electron chi connectivity index (χ0n) is 7.40. The minimum absolute atomic E-state index is 0. The topological polar surface area (TPSA) is 64.6 Å². The summed E-state index contributed by atoms with van der Waals surface area (Å²) < 4.78 is 8.92. The van der Waals surface area contributed by atoms with E-state index in [1.54, 1.807) is 0 Å². The molecule has 2 atom stereocenters. The van der Waals surface area contributed by atoms with E-state index in [1.165, 1.54) is 14.2 Å². The van der Waals surface area contributed by atoms with Crippen LogP contribution in [0.2, 0.25) is 0 Å². The fourth-order valence-corrected chi connectivity index (χ4v) is 1.07. The lowest BCUT2D eigenvalue weighted by atomic mass is 9.97. The molecule has 1 rings (SSSR count). The summed E-state index contributed by atoms with van der Waals surface area (Å²) in [6.07, 6.45) is 0.458. The molecule has 0 radical (unpaired) electrons. The number of carbonyl (C=O) groups is 2. The minimum atomic E-state index is -0.348. The fraction of sp³-hybridized carbons (Fsp3) is 0.714. The van der Waals surface area contributed by atoms with Crippen molar-refractivity contribution in [2.24, 2.45) is 0 Å². The lowest BCUT2D eigenvalue weighted by Gasteiger charge is -2.32. The summed E-state index contributed by atoms with van der Waals surface area (Å²) in [5.41, 5.74) is 0. The van der Waals surface area contributed by atoms with Crippen LogP contribution in [0, 0.1) is 0 Å². The van der Waals surface area contributed by atoms with E-state index in [-0.39, 0.29) is 36.4 Å². The molecule has 0 aromatic carbocycles. The van der Waals surface area contributed by atoms with E-state index in [4.69, 9.17) is 0 Å². The van der Waals surface area contributed by atoms with Crippen molar-refractivity contribution in [2.75, 3.05) is 14.2 Å². The Bertz CT molecular complexity index is 183. The van der Waals surface area contributed by atoms with Crippen LogP contribution in [0.15, 0.2) is 0 Å². The quantitative estimate of drug-likeness (QED) is 0.621. The molecule has 1 aliphatic rings. The molecule has 1 aliphatic heterocycles. The first-order chi connectivity index (χ1) is 5.69. The molecule has 1 N–H and O–H groups in total. The third-order valence-corrected chi connectivity index (χ3v) is 1.85. The van der Waals surface area contributed by atoms with Crippen LogP contribution in [-0.2, 0) is 19.1 Å². The number of hydrogen-bond acceptors (Lipinski definition) is 5. The zero-order valence-corrected chi connectivity index (χ0v) is 8.22. The van der Waals surface area contributed by atoms with Gasteiger partial charge in [-0.3, -0.25) is 14.9 Å². The lowest BCUT2D eigenvalue weighted by molar-refractivity contribution is -0.152. The third kappa shape index (κ3) is 2.57. The minimum Gasteiger partial charge on any atom is -0.468 e. The highest BCUT2D eigenvalue weighted by Gasteiger charge is 2.39. The van der Waals surface area contributed by atoms with Crippen LogP contribution in [0.1, 0.15) is 6.42 Å². The second-order valence-electron chi connectivity index (χ2n) is 2.55. The van der Waals surface area contributed by atoms with Crippen molar-refractivity contribution in [3.63, 3.8) is 0 Å². The first kappa shape index (κ1) is 12.2. The van der Waals surface area contributed by atoms with Crippen molar-refractivity contribution in [2.45, 2.75) is 18.5 Å². The highest BCUT2D eigenvalue weighted by atomic mass is 35.5. The molecule has 0 unspecified atom stereocenters. The van der Waals surface area contributed by atoms with Crippen LogP contribution < -0.4 is 5.32 Å². The number of esters is 2. The molecule has 5 nitrogen and oxygen atoms in total. The summed E-state index contributed by atoms with van der Waals surface area (Å²) in [6.45, 7) is 0. The summed E-state index contributed by atoms with van der Waals surface area (Å²) in [6, 6.07) is -0.696. The van der Waals surface area contributed by atoms with Gasteiger partial charge in [0.25, 0.3) is 0 Å². The van der Waals surface area contributed by atoms with Gasteiger partial charge < -0.3 is 9.47 Å². The Hall–Kier alpha value is -0.810. The van der Waals surface area contributed by atoms with Gasteiger partial charge >= 0.3 is 11.9 Å². The standard InChI is InChI=1S/C7H11NO4.ClH/c1-11-6(9)4-3-5(8-4)7(10)12-2;/h4-5,8H,3H2,1-2H3;1H/t4-,5-;/m0./s1. The van der Waals surface area contributed by atoms with Gasteiger partial charge in [0.05, 0.1) is 14.2 Å². The van der Waals surface area contributed by atoms with Crippen molar-refractivity contribution in [1.82, 2.24) is 5.32 Å². The number of ether oxygens (including phenoxy) is 2. The highest BCUT2D eigenvalue weighted by Crippen LogP contribution is 2.13. The van der Waals surface area contributed by atoms with E-state index in [9.17, 15) is 9.59 Å². The van der Waals surface area contributed by atoms with E-state index in [0.717, 1.165) is 0 Å². The summed E-state index contributed by atoms with van der Waals surface area (Å²) in [4.78, 5) is 21.6. The Kier molecular flexibility index (Phi) is 4.72. The maximum atomic E-state index is 10.8. The van der Waals surface area contributed by atoms with Gasteiger partial charge in [0.2, 0.25) is 0 Å². The number of methoxy groups -OCH3 is 2. The van der Waals surface area contributed by atoms with Crippen LogP contribution in [-0.4, -0.2) is 38.2 Å². The number of carbonyl (C=O) groups excluding carboxylic acids is 2. The second kappa shape index (κ2) is 5.04. The molecule has 76 valence electrons. The normalized spacial score (nSPS) is 25.1. The van der Waals surface area contributed by atoms with E-state index in [1.807, 2.05) is 0 Å². The van der Waals surface area contributed by atoms with Crippen molar-refractivity contribution in [3.8, 4) is 0 Å². The van der Waals surface area contributed by atoms with Crippen LogP contribution in [0.4, 0.5) is 0 Å². The number of rotatable bonds is 2. The van der Waals surface area contributed by atoms with Crippen molar-refractivity contribution < 1.29 is 19.1 Å². The van der Waals surface area contributed by atoms with Crippen molar-refractivity contribution in [1.29, 1.82) is 0 Å². The van der Waals surface area contributed by atoms with Gasteiger partial charge in [-0.1, -0.05) is 0 Å². The summed E-state index contributed by atoms with van der Waals surface area (Å²) >= 11 is 0. The Morgan fingerprint density at radius 1 is 1.15 bits per heavy atom. The van der Waals surface area contributed by atoms with Gasteiger partial charge in [-0.2, -0.15) is 0 Å². The Balaban J connectivity index is 0.00000144. The molecule has 13 heavy (non-hydrogen) atoms. The molecule has 0 amide bonds. The van der Waals surface area contributed by atoms with Crippen LogP contribution in [0.5, 0.6) is 0 Å². The van der Waals surface area contributed by atoms with Gasteiger partial charge in [0, 0.05) is 0 Å². The lowest BCUT2D eigenvalue weighted by Crippen LogP contribution is -2.60. The van der Waals surface area contributed by atoms with Crippen molar-refractivity contribution >= 4 is 24.3 Å². The summed E-state index contributed by atoms with van der Waals surface area (Å²) in [5.74, 6) is -0.676. The average molecular weight is 210 g/mol. The molecular weight excluding hydrogens is 198 g/mol. The average Bonchev–Trinajstić information content (AvgIpc) is 2.01. The molecule has 1 heterocycles. The van der Waals surface area contributed by atoms with Gasteiger partial charge in [-0.25, -0.2) is 0 Å². The molecule has 0 spiro atoms. The Morgan fingerprint density at radius 2 is 1.46 bits per heavy atom. The second-order valence-corrected chi connectivity index (χ2v) is 2.55. The molecule has 0 saturated carbocycles. The Labute approximate surface area is 82.2 Å². The molecule has 0 aromatic heterocycles. The first-order valence-electron chi connectivity index (χ1n) is 3.60. The van der Waals surface area contributed by atoms with E-state index >= 15 is 0 Å². The van der Waals surface area contributed by atoms with Gasteiger partial charge in [0.1, 0.15) is 12.1 Å². The first-order valence-corrected chi connectivity index (χ1v) is 3.60.